The minimum atomic E-state index is -3.54. The molecule has 1 aliphatic heterocycles. The Kier molecular flexibility index (Phi) is 8.38. The number of hydrogen-bond acceptors (Lipinski definition) is 6. The smallest absolute Gasteiger partial charge is 0.240 e. The predicted octanol–water partition coefficient (Wildman–Crippen LogP) is 0.663. The van der Waals surface area contributed by atoms with Gasteiger partial charge in [-0.2, -0.15) is 0 Å². The highest BCUT2D eigenvalue weighted by Gasteiger charge is 2.20. The molecule has 1 fully saturated rings. The summed E-state index contributed by atoms with van der Waals surface area (Å²) in [6, 6.07) is 6.82. The van der Waals surface area contributed by atoms with Gasteiger partial charge >= 0.3 is 0 Å². The van der Waals surface area contributed by atoms with Gasteiger partial charge < -0.3 is 19.9 Å². The lowest BCUT2D eigenvalue weighted by atomic mass is 10.2. The van der Waals surface area contributed by atoms with Crippen LogP contribution in [-0.4, -0.2) is 62.0 Å². The van der Waals surface area contributed by atoms with Gasteiger partial charge in [-0.1, -0.05) is 19.1 Å². The molecule has 1 saturated heterocycles. The van der Waals surface area contributed by atoms with Crippen LogP contribution in [0.3, 0.4) is 0 Å². The maximum atomic E-state index is 12.5. The molecule has 0 radical (unpaired) electrons. The van der Waals surface area contributed by atoms with E-state index in [1.54, 1.807) is 37.6 Å². The van der Waals surface area contributed by atoms with Crippen LogP contribution in [0.5, 0.6) is 0 Å². The van der Waals surface area contributed by atoms with Crippen molar-refractivity contribution < 1.29 is 13.2 Å². The summed E-state index contributed by atoms with van der Waals surface area (Å²) < 4.78 is 35.0. The van der Waals surface area contributed by atoms with E-state index in [4.69, 9.17) is 4.74 Å². The molecule has 0 aliphatic carbocycles. The van der Waals surface area contributed by atoms with Crippen LogP contribution in [0.1, 0.15) is 31.2 Å². The standard InChI is InChI=1S/C20H31N7O3S/c1-3-19-26-24-15-27(19)11-10-22-20(21-2)23-13-16-6-8-18(9-7-16)31(28,29)25-14-17-5-4-12-30-17/h6-9,15,17,25H,3-5,10-14H2,1-2H3,(H2,21,22,23). The SMILES string of the molecule is CCc1nncn1CCNC(=NC)NCc1ccc(S(=O)(=O)NCC2CCCO2)cc1. The zero-order valence-electron chi connectivity index (χ0n) is 18.0. The van der Waals surface area contributed by atoms with Crippen molar-refractivity contribution in [1.82, 2.24) is 30.1 Å². The summed E-state index contributed by atoms with van der Waals surface area (Å²) in [7, 11) is -1.83. The van der Waals surface area contributed by atoms with E-state index in [0.717, 1.165) is 37.2 Å². The van der Waals surface area contributed by atoms with Crippen molar-refractivity contribution in [2.75, 3.05) is 26.7 Å². The van der Waals surface area contributed by atoms with Gasteiger partial charge in [-0.05, 0) is 30.5 Å². The monoisotopic (exact) mass is 449 g/mol. The van der Waals surface area contributed by atoms with Crippen molar-refractivity contribution in [3.05, 3.63) is 42.0 Å². The Bertz CT molecular complexity index is 951. The highest BCUT2D eigenvalue weighted by atomic mass is 32.2. The number of hydrogen-bond donors (Lipinski definition) is 3. The first-order valence-corrected chi connectivity index (χ1v) is 12.0. The van der Waals surface area contributed by atoms with Gasteiger partial charge in [0.25, 0.3) is 0 Å². The first-order chi connectivity index (χ1) is 15.0. The number of rotatable bonds is 10. The molecule has 1 atom stereocenters. The summed E-state index contributed by atoms with van der Waals surface area (Å²) in [5.41, 5.74) is 0.952. The minimum Gasteiger partial charge on any atom is -0.377 e. The lowest BCUT2D eigenvalue weighted by molar-refractivity contribution is 0.114. The van der Waals surface area contributed by atoms with E-state index in [9.17, 15) is 8.42 Å². The zero-order valence-corrected chi connectivity index (χ0v) is 18.9. The zero-order chi connectivity index (χ0) is 22.1. The molecular weight excluding hydrogens is 418 g/mol. The second-order valence-corrected chi connectivity index (χ2v) is 9.04. The highest BCUT2D eigenvalue weighted by molar-refractivity contribution is 7.89. The molecule has 3 rings (SSSR count). The molecule has 0 bridgehead atoms. The van der Waals surface area contributed by atoms with Crippen molar-refractivity contribution in [3.8, 4) is 0 Å². The number of benzene rings is 1. The molecule has 170 valence electrons. The first-order valence-electron chi connectivity index (χ1n) is 10.5. The second kappa shape index (κ2) is 11.2. The molecule has 1 aromatic carbocycles. The summed E-state index contributed by atoms with van der Waals surface area (Å²) in [6.07, 6.45) is 4.40. The van der Waals surface area contributed by atoms with E-state index >= 15 is 0 Å². The number of aromatic nitrogens is 3. The number of sulfonamides is 1. The maximum absolute atomic E-state index is 12.5. The Balaban J connectivity index is 1.45. The molecule has 0 amide bonds. The predicted molar refractivity (Wildman–Crippen MR) is 118 cm³/mol. The summed E-state index contributed by atoms with van der Waals surface area (Å²) in [6.45, 7) is 5.00. The molecule has 0 saturated carbocycles. The summed E-state index contributed by atoms with van der Waals surface area (Å²) in [5, 5.41) is 14.5. The lowest BCUT2D eigenvalue weighted by Crippen LogP contribution is -2.38. The summed E-state index contributed by atoms with van der Waals surface area (Å²) in [4.78, 5) is 4.47. The highest BCUT2D eigenvalue weighted by Crippen LogP contribution is 2.14. The molecule has 1 unspecified atom stereocenters. The van der Waals surface area contributed by atoms with Crippen molar-refractivity contribution in [2.24, 2.45) is 4.99 Å². The first kappa shape index (κ1) is 23.2. The summed E-state index contributed by atoms with van der Waals surface area (Å²) >= 11 is 0. The van der Waals surface area contributed by atoms with E-state index < -0.39 is 10.0 Å². The number of aryl methyl sites for hydroxylation is 1. The van der Waals surface area contributed by atoms with E-state index in [2.05, 4.69) is 30.5 Å². The second-order valence-electron chi connectivity index (χ2n) is 7.28. The van der Waals surface area contributed by atoms with E-state index in [1.807, 2.05) is 11.5 Å². The van der Waals surface area contributed by atoms with Crippen LogP contribution in [0.2, 0.25) is 0 Å². The number of nitrogens with zero attached hydrogens (tertiary/aromatic N) is 4. The molecule has 1 aliphatic rings. The third-order valence-corrected chi connectivity index (χ3v) is 6.54. The Labute approximate surface area is 183 Å². The number of nitrogens with one attached hydrogen (secondary N) is 3. The minimum absolute atomic E-state index is 0.0314. The van der Waals surface area contributed by atoms with Gasteiger partial charge in [-0.15, -0.1) is 10.2 Å². The fourth-order valence-corrected chi connectivity index (χ4v) is 4.38. The van der Waals surface area contributed by atoms with Crippen molar-refractivity contribution >= 4 is 16.0 Å². The Morgan fingerprint density at radius 3 is 2.77 bits per heavy atom. The Hall–Kier alpha value is -2.50. The fraction of sp³-hybridized carbons (Fsp3) is 0.550. The molecule has 11 heteroatoms. The lowest BCUT2D eigenvalue weighted by Gasteiger charge is -2.13. The number of aliphatic imine (C=N–C) groups is 1. The molecule has 3 N–H and O–H groups in total. The molecule has 2 heterocycles. The van der Waals surface area contributed by atoms with E-state index in [-0.39, 0.29) is 11.0 Å². The normalized spacial score (nSPS) is 17.1. The topological polar surface area (TPSA) is 123 Å². The van der Waals surface area contributed by atoms with Gasteiger partial charge in [0.2, 0.25) is 10.0 Å². The van der Waals surface area contributed by atoms with Gasteiger partial charge in [-0.25, -0.2) is 13.1 Å². The van der Waals surface area contributed by atoms with Crippen molar-refractivity contribution in [3.63, 3.8) is 0 Å². The molecule has 2 aromatic rings. The number of guanidine groups is 1. The van der Waals surface area contributed by atoms with Crippen LogP contribution >= 0.6 is 0 Å². The summed E-state index contributed by atoms with van der Waals surface area (Å²) in [5.74, 6) is 1.62. The van der Waals surface area contributed by atoms with Crippen LogP contribution in [0.4, 0.5) is 0 Å². The van der Waals surface area contributed by atoms with Crippen molar-refractivity contribution in [1.29, 1.82) is 0 Å². The van der Waals surface area contributed by atoms with Gasteiger partial charge in [-0.3, -0.25) is 4.99 Å². The molecular formula is C20H31N7O3S. The van der Waals surface area contributed by atoms with E-state index in [0.29, 0.717) is 32.2 Å². The molecule has 1 aromatic heterocycles. The van der Waals surface area contributed by atoms with Crippen LogP contribution in [-0.2, 0) is 34.3 Å². The average molecular weight is 450 g/mol. The molecule has 31 heavy (non-hydrogen) atoms. The average Bonchev–Trinajstić information content (AvgIpc) is 3.47. The van der Waals surface area contributed by atoms with Crippen molar-refractivity contribution in [2.45, 2.75) is 50.3 Å². The quantitative estimate of drug-likeness (QED) is 0.360. The maximum Gasteiger partial charge on any atom is 0.240 e. The van der Waals surface area contributed by atoms with Gasteiger partial charge in [0, 0.05) is 46.3 Å². The molecule has 0 spiro atoms. The number of ether oxygens (including phenoxy) is 1. The third-order valence-electron chi connectivity index (χ3n) is 5.10. The van der Waals surface area contributed by atoms with Gasteiger partial charge in [0.1, 0.15) is 12.2 Å². The van der Waals surface area contributed by atoms with E-state index in [1.165, 1.54) is 0 Å². The third kappa shape index (κ3) is 6.74. The van der Waals surface area contributed by atoms with Crippen LogP contribution in [0, 0.1) is 0 Å². The molecule has 10 nitrogen and oxygen atoms in total. The Morgan fingerprint density at radius 1 is 1.29 bits per heavy atom. The van der Waals surface area contributed by atoms with Gasteiger partial charge in [0.05, 0.1) is 11.0 Å². The Morgan fingerprint density at radius 2 is 2.10 bits per heavy atom. The van der Waals surface area contributed by atoms with Gasteiger partial charge in [0.15, 0.2) is 5.96 Å². The van der Waals surface area contributed by atoms with Crippen LogP contribution < -0.4 is 15.4 Å². The largest absolute Gasteiger partial charge is 0.377 e. The fourth-order valence-electron chi connectivity index (χ4n) is 3.32. The van der Waals surface area contributed by atoms with Crippen LogP contribution in [0.15, 0.2) is 40.5 Å². The van der Waals surface area contributed by atoms with Crippen LogP contribution in [0.25, 0.3) is 0 Å².